The Hall–Kier alpha value is -4.29. The van der Waals surface area contributed by atoms with Crippen LogP contribution in [0.4, 0.5) is 4.79 Å². The average molecular weight is 627 g/mol. The van der Waals surface area contributed by atoms with Crippen molar-refractivity contribution in [2.75, 3.05) is 20.3 Å². The fourth-order valence-corrected chi connectivity index (χ4v) is 4.88. The Labute approximate surface area is 245 Å². The van der Waals surface area contributed by atoms with E-state index in [1.54, 1.807) is 31.2 Å². The lowest BCUT2D eigenvalue weighted by Gasteiger charge is -2.28. The van der Waals surface area contributed by atoms with Crippen LogP contribution >= 0.6 is 15.9 Å². The van der Waals surface area contributed by atoms with E-state index in [1.807, 2.05) is 38.1 Å². The number of furan rings is 1. The van der Waals surface area contributed by atoms with Gasteiger partial charge in [0.05, 0.1) is 31.5 Å². The molecule has 0 spiro atoms. The van der Waals surface area contributed by atoms with Crippen LogP contribution in [0.5, 0.6) is 11.5 Å². The number of hydrogen-bond donors (Lipinski definition) is 4. The number of rotatable bonds is 11. The van der Waals surface area contributed by atoms with Crippen LogP contribution in [0.25, 0.3) is 11.3 Å². The standard InChI is InChI=1S/C29H31BrN4O7/c1-5-39-24-13-18(27-26(28(36)38-4)17(3)32-29(37)33-27)7-10-23(24)40-15-25(35)34-31-14-19-8-11-22(41-19)20-9-6-16(2)12-21(20)30/h6-14,25,27,34-35H,5,15H2,1-4H3,(H2,32,33,37)/b31-14+/t25-,27+/m0/s1. The molecular formula is C29H31BrN4O7. The number of carbonyl (C=O) groups excluding carboxylic acids is 2. The van der Waals surface area contributed by atoms with Crippen molar-refractivity contribution < 1.29 is 33.3 Å². The number of ether oxygens (including phenoxy) is 3. The van der Waals surface area contributed by atoms with Crippen LogP contribution in [-0.4, -0.2) is 49.9 Å². The number of aryl methyl sites for hydroxylation is 1. The number of benzene rings is 2. The zero-order chi connectivity index (χ0) is 29.5. The minimum atomic E-state index is -1.14. The lowest BCUT2D eigenvalue weighted by molar-refractivity contribution is -0.136. The first-order chi connectivity index (χ1) is 19.7. The predicted molar refractivity (Wildman–Crippen MR) is 156 cm³/mol. The summed E-state index contributed by atoms with van der Waals surface area (Å²) in [5, 5.41) is 19.7. The molecule has 2 aromatic carbocycles. The molecule has 0 saturated heterocycles. The summed E-state index contributed by atoms with van der Waals surface area (Å²) < 4.78 is 23.2. The smallest absolute Gasteiger partial charge is 0.337 e. The highest BCUT2D eigenvalue weighted by molar-refractivity contribution is 9.10. The van der Waals surface area contributed by atoms with Gasteiger partial charge in [-0.1, -0.05) is 28.1 Å². The van der Waals surface area contributed by atoms with Gasteiger partial charge in [-0.2, -0.15) is 5.10 Å². The summed E-state index contributed by atoms with van der Waals surface area (Å²) in [5.74, 6) is 1.35. The highest BCUT2D eigenvalue weighted by atomic mass is 79.9. The number of urea groups is 1. The van der Waals surface area contributed by atoms with Gasteiger partial charge in [0.25, 0.3) is 0 Å². The number of amides is 2. The summed E-state index contributed by atoms with van der Waals surface area (Å²) in [6.07, 6.45) is 0.318. The third-order valence-electron chi connectivity index (χ3n) is 6.10. The van der Waals surface area contributed by atoms with E-state index in [-0.39, 0.29) is 12.2 Å². The van der Waals surface area contributed by atoms with Crippen molar-refractivity contribution in [2.24, 2.45) is 5.10 Å². The molecule has 1 aromatic heterocycles. The first-order valence-corrected chi connectivity index (χ1v) is 13.6. The van der Waals surface area contributed by atoms with E-state index in [0.717, 1.165) is 15.6 Å². The van der Waals surface area contributed by atoms with Gasteiger partial charge in [0, 0.05) is 15.7 Å². The van der Waals surface area contributed by atoms with E-state index in [4.69, 9.17) is 18.6 Å². The Bertz CT molecular complexity index is 1480. The molecule has 4 N–H and O–H groups in total. The molecule has 11 nitrogen and oxygen atoms in total. The molecule has 1 aliphatic heterocycles. The number of nitrogens with zero attached hydrogens (tertiary/aromatic N) is 1. The molecule has 0 radical (unpaired) electrons. The topological polar surface area (TPSA) is 144 Å². The monoisotopic (exact) mass is 626 g/mol. The van der Waals surface area contributed by atoms with Gasteiger partial charge in [0.2, 0.25) is 0 Å². The molecule has 216 valence electrons. The molecule has 2 amide bonds. The average Bonchev–Trinajstić information content (AvgIpc) is 3.40. The second-order valence-corrected chi connectivity index (χ2v) is 9.95. The predicted octanol–water partition coefficient (Wildman–Crippen LogP) is 4.54. The number of aliphatic hydroxyl groups is 1. The number of hydrogen-bond acceptors (Lipinski definition) is 9. The maximum Gasteiger partial charge on any atom is 0.337 e. The second-order valence-electron chi connectivity index (χ2n) is 9.10. The van der Waals surface area contributed by atoms with Gasteiger partial charge >= 0.3 is 12.0 Å². The summed E-state index contributed by atoms with van der Waals surface area (Å²) in [6.45, 7) is 5.65. The number of halogens is 1. The number of carbonyl (C=O) groups is 2. The normalized spacial score (nSPS) is 15.8. The molecule has 0 aliphatic carbocycles. The van der Waals surface area contributed by atoms with Crippen LogP contribution in [0.3, 0.4) is 0 Å². The van der Waals surface area contributed by atoms with Crippen LogP contribution < -0.4 is 25.5 Å². The maximum absolute atomic E-state index is 12.4. The van der Waals surface area contributed by atoms with Crippen LogP contribution in [0.15, 0.2) is 73.8 Å². The summed E-state index contributed by atoms with van der Waals surface area (Å²) >= 11 is 3.55. The number of nitrogens with one attached hydrogen (secondary N) is 3. The Balaban J connectivity index is 1.40. The van der Waals surface area contributed by atoms with Crippen molar-refractivity contribution in [1.82, 2.24) is 16.1 Å². The molecule has 2 heterocycles. The Kier molecular flexibility index (Phi) is 9.69. The summed E-state index contributed by atoms with van der Waals surface area (Å²) in [7, 11) is 1.28. The summed E-state index contributed by atoms with van der Waals surface area (Å²) in [4.78, 5) is 24.5. The molecule has 4 rings (SSSR count). The number of hydrazone groups is 1. The molecule has 41 heavy (non-hydrogen) atoms. The van der Waals surface area contributed by atoms with Gasteiger partial charge in [0.15, 0.2) is 17.7 Å². The highest BCUT2D eigenvalue weighted by Gasteiger charge is 2.32. The third kappa shape index (κ3) is 7.27. The minimum Gasteiger partial charge on any atom is -0.490 e. The van der Waals surface area contributed by atoms with Crippen LogP contribution in [0, 0.1) is 6.92 Å². The third-order valence-corrected chi connectivity index (χ3v) is 6.76. The zero-order valence-corrected chi connectivity index (χ0v) is 24.6. The van der Waals surface area contributed by atoms with E-state index in [0.29, 0.717) is 40.9 Å². The van der Waals surface area contributed by atoms with Gasteiger partial charge in [-0.3, -0.25) is 5.43 Å². The van der Waals surface area contributed by atoms with E-state index in [2.05, 4.69) is 37.1 Å². The Morgan fingerprint density at radius 3 is 2.71 bits per heavy atom. The van der Waals surface area contributed by atoms with Crippen molar-refractivity contribution in [2.45, 2.75) is 33.0 Å². The van der Waals surface area contributed by atoms with Gasteiger partial charge in [-0.05, 0) is 68.3 Å². The fourth-order valence-electron chi connectivity index (χ4n) is 4.20. The van der Waals surface area contributed by atoms with E-state index < -0.39 is 24.3 Å². The van der Waals surface area contributed by atoms with Crippen molar-refractivity contribution in [3.63, 3.8) is 0 Å². The van der Waals surface area contributed by atoms with Crippen molar-refractivity contribution in [3.8, 4) is 22.8 Å². The summed E-state index contributed by atoms with van der Waals surface area (Å²) in [5.41, 5.74) is 5.91. The van der Waals surface area contributed by atoms with E-state index in [1.165, 1.54) is 13.3 Å². The van der Waals surface area contributed by atoms with Crippen LogP contribution in [-0.2, 0) is 9.53 Å². The fraction of sp³-hybridized carbons (Fsp3) is 0.276. The molecule has 12 heteroatoms. The number of methoxy groups -OCH3 is 1. The number of esters is 1. The SMILES string of the molecule is CCOc1cc([C@H]2NC(=O)NC(C)=C2C(=O)OC)ccc1OC[C@H](O)N/N=C/c1ccc(-c2ccc(C)cc2Br)o1. The quantitative estimate of drug-likeness (QED) is 0.105. The molecule has 0 saturated carbocycles. The first-order valence-electron chi connectivity index (χ1n) is 12.8. The van der Waals surface area contributed by atoms with Crippen LogP contribution in [0.1, 0.15) is 36.8 Å². The molecule has 2 atom stereocenters. The molecule has 0 unspecified atom stereocenters. The molecule has 0 bridgehead atoms. The summed E-state index contributed by atoms with van der Waals surface area (Å²) in [6, 6.07) is 13.4. The number of aliphatic hydroxyl groups excluding tert-OH is 1. The molecule has 3 aromatic rings. The van der Waals surface area contributed by atoms with E-state index in [9.17, 15) is 14.7 Å². The second kappa shape index (κ2) is 13.4. The van der Waals surface area contributed by atoms with Crippen LogP contribution in [0.2, 0.25) is 0 Å². The lowest BCUT2D eigenvalue weighted by atomic mass is 9.95. The zero-order valence-electron chi connectivity index (χ0n) is 23.0. The van der Waals surface area contributed by atoms with Gasteiger partial charge < -0.3 is 34.4 Å². The van der Waals surface area contributed by atoms with Crippen molar-refractivity contribution in [1.29, 1.82) is 0 Å². The first kappa shape index (κ1) is 29.7. The largest absolute Gasteiger partial charge is 0.490 e. The van der Waals surface area contributed by atoms with E-state index >= 15 is 0 Å². The number of allylic oxidation sites excluding steroid dienone is 1. The van der Waals surface area contributed by atoms with Gasteiger partial charge in [-0.25, -0.2) is 9.59 Å². The minimum absolute atomic E-state index is 0.146. The lowest BCUT2D eigenvalue weighted by Crippen LogP contribution is -2.45. The molecule has 1 aliphatic rings. The highest BCUT2D eigenvalue weighted by Crippen LogP contribution is 2.35. The van der Waals surface area contributed by atoms with Gasteiger partial charge in [-0.15, -0.1) is 0 Å². The van der Waals surface area contributed by atoms with Gasteiger partial charge in [0.1, 0.15) is 18.1 Å². The molecule has 0 fully saturated rings. The molecular weight excluding hydrogens is 596 g/mol. The maximum atomic E-state index is 12.4. The Morgan fingerprint density at radius 1 is 1.17 bits per heavy atom. The Morgan fingerprint density at radius 2 is 1.98 bits per heavy atom. The van der Waals surface area contributed by atoms with Crippen molar-refractivity contribution >= 4 is 34.1 Å². The van der Waals surface area contributed by atoms with Crippen molar-refractivity contribution in [3.05, 3.63) is 81.2 Å².